The fraction of sp³-hybridized carbons (Fsp3) is 0. The van der Waals surface area contributed by atoms with E-state index in [4.69, 9.17) is 1.37 Å². The second-order valence-corrected chi connectivity index (χ2v) is 4.94. The molecule has 4 rings (SSSR count). The maximum atomic E-state index is 11.7. The van der Waals surface area contributed by atoms with Gasteiger partial charge in [0.05, 0.1) is 18.0 Å². The van der Waals surface area contributed by atoms with E-state index in [2.05, 4.69) is 5.10 Å². The summed E-state index contributed by atoms with van der Waals surface area (Å²) in [4.78, 5) is 11.7. The lowest BCUT2D eigenvalue weighted by molar-refractivity contribution is 0.112. The van der Waals surface area contributed by atoms with Crippen molar-refractivity contribution in [2.24, 2.45) is 0 Å². The van der Waals surface area contributed by atoms with Crippen molar-refractivity contribution in [2.75, 3.05) is 0 Å². The highest BCUT2D eigenvalue weighted by molar-refractivity contribution is 6.00. The quantitative estimate of drug-likeness (QED) is 0.526. The van der Waals surface area contributed by atoms with Crippen LogP contribution >= 0.6 is 0 Å². The lowest BCUT2D eigenvalue weighted by atomic mass is 10.1. The summed E-state index contributed by atoms with van der Waals surface area (Å²) in [5.74, 6) is 0. The topological polar surface area (TPSA) is 34.4 Å². The van der Waals surface area contributed by atoms with Gasteiger partial charge in [-0.1, -0.05) is 55.1 Å². The average Bonchev–Trinajstić information content (AvgIpc) is 3.09. The van der Waals surface area contributed by atoms with Gasteiger partial charge in [0, 0.05) is 16.2 Å². The highest BCUT2D eigenvalue weighted by Crippen LogP contribution is 2.26. The number of hydrogen-bond acceptors (Lipinski definition) is 2. The number of rotatable bonds is 2. The van der Waals surface area contributed by atoms with E-state index in [9.17, 15) is 4.79 Å². The number of carbonyl (C=O) groups is 1. The Morgan fingerprint density at radius 2 is 1.86 bits per heavy atom. The van der Waals surface area contributed by atoms with Crippen LogP contribution in [0.15, 0.2) is 54.6 Å². The third-order valence-corrected chi connectivity index (χ3v) is 3.76. The third kappa shape index (κ3) is 1.54. The van der Waals surface area contributed by atoms with Crippen LogP contribution in [0.3, 0.4) is 0 Å². The molecular weight excluding hydrogens is 260 g/mol. The van der Waals surface area contributed by atoms with Crippen LogP contribution in [0.1, 0.15) is 11.7 Å². The fourth-order valence-electron chi connectivity index (χ4n) is 2.80. The van der Waals surface area contributed by atoms with E-state index in [-0.39, 0.29) is 0 Å². The van der Waals surface area contributed by atoms with Gasteiger partial charge in [-0.25, -0.2) is 4.52 Å². The number of aromatic nitrogens is 2. The maximum Gasteiger partial charge on any atom is 0.154 e. The van der Waals surface area contributed by atoms with Gasteiger partial charge in [0.2, 0.25) is 0 Å². The van der Waals surface area contributed by atoms with Crippen LogP contribution in [-0.4, -0.2) is 15.9 Å². The third-order valence-electron chi connectivity index (χ3n) is 3.76. The maximum absolute atomic E-state index is 11.7. The van der Waals surface area contributed by atoms with Gasteiger partial charge in [0.15, 0.2) is 6.29 Å². The van der Waals surface area contributed by atoms with E-state index in [1.54, 1.807) is 4.52 Å². The first-order valence-corrected chi connectivity index (χ1v) is 6.67. The van der Waals surface area contributed by atoms with Crippen LogP contribution < -0.4 is 5.22 Å². The fourth-order valence-corrected chi connectivity index (χ4v) is 2.80. The number of fused-ring (bicyclic) bond motifs is 3. The molecule has 3 nitrogen and oxygen atoms in total. The standard InChI is InChI=1S/C18H12N2O/c1-12-14-9-5-6-10-16(14)20-18(12)15(11-21)17(19-20)13-7-3-2-4-8-13/h2-11H,1H2/i1D. The molecular formula is C18H12N2O. The van der Waals surface area contributed by atoms with Crippen LogP contribution in [0.2, 0.25) is 0 Å². The second-order valence-electron chi connectivity index (χ2n) is 4.94. The molecule has 0 N–H and O–H groups in total. The van der Waals surface area contributed by atoms with Crippen molar-refractivity contribution in [3.05, 3.63) is 65.4 Å². The molecule has 0 bridgehead atoms. The molecule has 2 aromatic heterocycles. The molecule has 0 amide bonds. The number of carbonyl (C=O) groups excluding carboxylic acids is 1. The molecule has 0 saturated carbocycles. The zero-order valence-electron chi connectivity index (χ0n) is 12.2. The molecule has 0 atom stereocenters. The normalized spacial score (nSPS) is 13.0. The summed E-state index contributed by atoms with van der Waals surface area (Å²) in [5, 5.41) is 6.29. The zero-order valence-corrected chi connectivity index (χ0v) is 11.2. The Labute approximate surface area is 122 Å². The first kappa shape index (κ1) is 10.8. The van der Waals surface area contributed by atoms with Crippen molar-refractivity contribution >= 4 is 29.3 Å². The smallest absolute Gasteiger partial charge is 0.154 e. The van der Waals surface area contributed by atoms with Gasteiger partial charge < -0.3 is 0 Å². The number of hydrogen-bond donors (Lipinski definition) is 0. The minimum absolute atomic E-state index is 0.529. The Morgan fingerprint density at radius 1 is 1.10 bits per heavy atom. The van der Waals surface area contributed by atoms with Crippen LogP contribution in [0.4, 0.5) is 0 Å². The summed E-state index contributed by atoms with van der Waals surface area (Å²) in [6.45, 7) is 1.29. The van der Waals surface area contributed by atoms with Crippen LogP contribution in [-0.2, 0) is 0 Å². The molecule has 0 saturated heterocycles. The summed E-state index contributed by atoms with van der Waals surface area (Å²) in [7, 11) is 0. The van der Waals surface area contributed by atoms with Gasteiger partial charge in [-0.05, 0) is 6.07 Å². The van der Waals surface area contributed by atoms with E-state index in [0.717, 1.165) is 28.0 Å². The van der Waals surface area contributed by atoms with Gasteiger partial charge in [0.1, 0.15) is 5.69 Å². The van der Waals surface area contributed by atoms with Crippen molar-refractivity contribution in [1.29, 1.82) is 0 Å². The molecule has 0 unspecified atom stereocenters. The van der Waals surface area contributed by atoms with Gasteiger partial charge in [-0.3, -0.25) is 4.79 Å². The predicted molar refractivity (Wildman–Crippen MR) is 84.3 cm³/mol. The summed E-state index contributed by atoms with van der Waals surface area (Å²) in [6.07, 6.45) is 0.830. The van der Waals surface area contributed by atoms with Crippen molar-refractivity contribution in [2.45, 2.75) is 0 Å². The molecule has 0 aliphatic heterocycles. The average molecular weight is 273 g/mol. The van der Waals surface area contributed by atoms with Gasteiger partial charge in [-0.2, -0.15) is 5.10 Å². The summed E-state index contributed by atoms with van der Waals surface area (Å²) in [6, 6.07) is 17.4. The molecule has 4 aromatic rings. The highest BCUT2D eigenvalue weighted by Gasteiger charge is 2.18. The van der Waals surface area contributed by atoms with Crippen molar-refractivity contribution in [3.8, 4) is 11.3 Å². The Kier molecular flexibility index (Phi) is 2.20. The van der Waals surface area contributed by atoms with Crippen LogP contribution in [0, 0.1) is 0 Å². The summed E-state index contributed by atoms with van der Waals surface area (Å²) in [5.41, 5.74) is 3.68. The largest absolute Gasteiger partial charge is 0.298 e. The molecule has 0 spiro atoms. The SMILES string of the molecule is [2H]C=c1c2ccccc2n2nc(-c3ccccc3)c(C=O)c12. The van der Waals surface area contributed by atoms with Crippen molar-refractivity contribution < 1.29 is 6.17 Å². The minimum Gasteiger partial charge on any atom is -0.298 e. The van der Waals surface area contributed by atoms with Gasteiger partial charge >= 0.3 is 0 Å². The van der Waals surface area contributed by atoms with Crippen molar-refractivity contribution in [1.82, 2.24) is 9.61 Å². The minimum atomic E-state index is 0.529. The Morgan fingerprint density at radius 3 is 2.62 bits per heavy atom. The lowest BCUT2D eigenvalue weighted by Crippen LogP contribution is -1.97. The Bertz CT molecular complexity index is 1050. The molecule has 0 radical (unpaired) electrons. The summed E-state index contributed by atoms with van der Waals surface area (Å²) >= 11 is 0. The molecule has 0 fully saturated rings. The van der Waals surface area contributed by atoms with Crippen LogP contribution in [0.5, 0.6) is 0 Å². The molecule has 100 valence electrons. The number of para-hydroxylation sites is 1. The van der Waals surface area contributed by atoms with Crippen molar-refractivity contribution in [3.63, 3.8) is 0 Å². The lowest BCUT2D eigenvalue weighted by Gasteiger charge is -1.97. The predicted octanol–water partition coefficient (Wildman–Crippen LogP) is 3.10. The van der Waals surface area contributed by atoms with E-state index >= 15 is 0 Å². The van der Waals surface area contributed by atoms with E-state index in [0.29, 0.717) is 16.8 Å². The first-order valence-electron chi connectivity index (χ1n) is 7.25. The van der Waals surface area contributed by atoms with E-state index in [1.807, 2.05) is 54.6 Å². The molecule has 2 heterocycles. The molecule has 0 aliphatic carbocycles. The number of nitrogens with zero attached hydrogens (tertiary/aromatic N) is 2. The second kappa shape index (κ2) is 4.28. The Hall–Kier alpha value is -2.94. The van der Waals surface area contributed by atoms with Gasteiger partial charge in [0.25, 0.3) is 0 Å². The highest BCUT2D eigenvalue weighted by atomic mass is 16.1. The monoisotopic (exact) mass is 273 g/mol. The van der Waals surface area contributed by atoms with E-state index < -0.39 is 0 Å². The van der Waals surface area contributed by atoms with Gasteiger partial charge in [-0.15, -0.1) is 0 Å². The summed E-state index contributed by atoms with van der Waals surface area (Å²) < 4.78 is 9.49. The number of aldehydes is 1. The molecule has 0 aliphatic rings. The first-order chi connectivity index (χ1) is 10.8. The molecule has 3 heteroatoms. The van der Waals surface area contributed by atoms with E-state index in [1.165, 1.54) is 6.55 Å². The van der Waals surface area contributed by atoms with Crippen LogP contribution in [0.25, 0.3) is 34.2 Å². The molecule has 2 aromatic carbocycles. The Balaban J connectivity index is 2.22. The zero-order chi connectivity index (χ0) is 15.1. The molecule has 21 heavy (non-hydrogen) atoms. The number of benzene rings is 2.